The number of phenols is 1. The van der Waals surface area contributed by atoms with Crippen molar-refractivity contribution in [3.63, 3.8) is 0 Å². The smallest absolute Gasteiger partial charge is 0.272 e. The Bertz CT molecular complexity index is 1920. The van der Waals surface area contributed by atoms with Crippen molar-refractivity contribution >= 4 is 69.7 Å². The number of methoxy groups -OCH3 is 1. The minimum Gasteiger partial charge on any atom is -0.508 e. The van der Waals surface area contributed by atoms with E-state index in [-0.39, 0.29) is 17.4 Å². The zero-order chi connectivity index (χ0) is 33.9. The van der Waals surface area contributed by atoms with Gasteiger partial charge in [0.1, 0.15) is 22.4 Å². The largest absolute Gasteiger partial charge is 0.508 e. The summed E-state index contributed by atoms with van der Waals surface area (Å²) < 4.78 is 9.67. The van der Waals surface area contributed by atoms with E-state index in [1.54, 1.807) is 54.6 Å². The van der Waals surface area contributed by atoms with E-state index in [0.29, 0.717) is 32.9 Å². The quantitative estimate of drug-likeness (QED) is 0.0740. The molecule has 10 nitrogen and oxygen atoms in total. The maximum atomic E-state index is 13.7. The maximum Gasteiger partial charge on any atom is 0.272 e. The van der Waals surface area contributed by atoms with Crippen molar-refractivity contribution in [1.82, 2.24) is 14.7 Å². The summed E-state index contributed by atoms with van der Waals surface area (Å²) in [6, 6.07) is 29.4. The van der Waals surface area contributed by atoms with Gasteiger partial charge < -0.3 is 20.5 Å². The van der Waals surface area contributed by atoms with Gasteiger partial charge in [0.15, 0.2) is 0 Å². The van der Waals surface area contributed by atoms with Gasteiger partial charge in [-0.3, -0.25) is 19.7 Å². The molecule has 0 aliphatic carbocycles. The molecular weight excluding hydrogens is 667 g/mol. The van der Waals surface area contributed by atoms with Crippen molar-refractivity contribution in [3.05, 3.63) is 126 Å². The molecule has 0 radical (unpaired) electrons. The van der Waals surface area contributed by atoms with Crippen LogP contribution in [0.4, 0.5) is 10.8 Å². The molecule has 0 bridgehead atoms. The van der Waals surface area contributed by atoms with Crippen molar-refractivity contribution < 1.29 is 24.2 Å². The molecule has 3 amide bonds. The van der Waals surface area contributed by atoms with Crippen LogP contribution in [-0.4, -0.2) is 45.0 Å². The minimum absolute atomic E-state index is 0.0105. The number of hydrogen-bond donors (Lipinski definition) is 4. The second-order valence-electron chi connectivity index (χ2n) is 10.00. The number of anilines is 2. The molecule has 0 fully saturated rings. The van der Waals surface area contributed by atoms with E-state index < -0.39 is 17.1 Å². The zero-order valence-electron chi connectivity index (χ0n) is 25.9. The highest BCUT2D eigenvalue weighted by Crippen LogP contribution is 2.37. The van der Waals surface area contributed by atoms with Gasteiger partial charge in [0.05, 0.1) is 7.11 Å². The van der Waals surface area contributed by atoms with E-state index in [1.165, 1.54) is 48.8 Å². The molecule has 1 atom stereocenters. The molecule has 0 saturated heterocycles. The van der Waals surface area contributed by atoms with Crippen LogP contribution in [0.1, 0.15) is 33.7 Å². The molecule has 0 aliphatic rings. The van der Waals surface area contributed by atoms with Crippen LogP contribution in [0.3, 0.4) is 0 Å². The molecule has 0 spiro atoms. The van der Waals surface area contributed by atoms with Crippen LogP contribution in [0, 0.1) is 0 Å². The highest BCUT2D eigenvalue weighted by Gasteiger charge is 2.24. The average Bonchev–Trinajstić information content (AvgIpc) is 3.55. The summed E-state index contributed by atoms with van der Waals surface area (Å²) in [6.07, 6.45) is 1.47. The third kappa shape index (κ3) is 9.25. The van der Waals surface area contributed by atoms with E-state index in [1.807, 2.05) is 43.3 Å². The lowest BCUT2D eigenvalue weighted by atomic mass is 10.1. The van der Waals surface area contributed by atoms with Crippen molar-refractivity contribution in [2.24, 2.45) is 0 Å². The Morgan fingerprint density at radius 1 is 0.938 bits per heavy atom. The highest BCUT2D eigenvalue weighted by atomic mass is 32.2. The van der Waals surface area contributed by atoms with Crippen LogP contribution in [0.2, 0.25) is 0 Å². The number of aromatic hydroxyl groups is 1. The SMILES string of the molecule is CCSc1nsc(NC(=O)C(Sc2cccc(NC(=O)/C(=C\c3ccc(O)cc3OC)NC(=O)c3ccccc3)c2)c2ccccc2)n1. The molecule has 244 valence electrons. The minimum atomic E-state index is -0.633. The first kappa shape index (κ1) is 34.2. The summed E-state index contributed by atoms with van der Waals surface area (Å²) in [7, 11) is 1.44. The number of aromatic nitrogens is 2. The van der Waals surface area contributed by atoms with Crippen LogP contribution >= 0.6 is 35.1 Å². The number of amides is 3. The first-order chi connectivity index (χ1) is 23.3. The number of carbonyl (C=O) groups excluding carboxylic acids is 3. The summed E-state index contributed by atoms with van der Waals surface area (Å²) in [5.74, 6) is -0.212. The first-order valence-electron chi connectivity index (χ1n) is 14.7. The Morgan fingerprint density at radius 2 is 1.69 bits per heavy atom. The van der Waals surface area contributed by atoms with Gasteiger partial charge in [-0.2, -0.15) is 9.36 Å². The summed E-state index contributed by atoms with van der Waals surface area (Å²) in [4.78, 5) is 45.5. The topological polar surface area (TPSA) is 143 Å². The first-order valence-corrected chi connectivity index (χ1v) is 17.3. The molecule has 1 heterocycles. The number of nitrogens with zero attached hydrogens (tertiary/aromatic N) is 2. The van der Waals surface area contributed by atoms with Crippen LogP contribution in [-0.2, 0) is 9.59 Å². The molecule has 0 saturated carbocycles. The van der Waals surface area contributed by atoms with Crippen molar-refractivity contribution in [2.75, 3.05) is 23.5 Å². The molecule has 5 aromatic rings. The van der Waals surface area contributed by atoms with Gasteiger partial charge in [-0.25, -0.2) is 0 Å². The monoisotopic (exact) mass is 697 g/mol. The number of benzene rings is 4. The second kappa shape index (κ2) is 16.6. The summed E-state index contributed by atoms with van der Waals surface area (Å²) in [5, 5.41) is 18.8. The second-order valence-corrected chi connectivity index (χ2v) is 13.2. The fourth-order valence-electron chi connectivity index (χ4n) is 4.42. The van der Waals surface area contributed by atoms with Gasteiger partial charge in [0, 0.05) is 39.3 Å². The maximum absolute atomic E-state index is 13.7. The molecule has 5 rings (SSSR count). The Morgan fingerprint density at radius 3 is 2.42 bits per heavy atom. The van der Waals surface area contributed by atoms with E-state index in [9.17, 15) is 19.5 Å². The number of hydrogen-bond acceptors (Lipinski definition) is 10. The van der Waals surface area contributed by atoms with Gasteiger partial charge in [0.25, 0.3) is 11.8 Å². The van der Waals surface area contributed by atoms with E-state index in [2.05, 4.69) is 25.3 Å². The number of nitrogens with one attached hydrogen (secondary N) is 3. The number of carbonyl (C=O) groups is 3. The summed E-state index contributed by atoms with van der Waals surface area (Å²) >= 11 is 3.94. The van der Waals surface area contributed by atoms with Gasteiger partial charge in [0.2, 0.25) is 16.2 Å². The zero-order valence-corrected chi connectivity index (χ0v) is 28.3. The van der Waals surface area contributed by atoms with Crippen LogP contribution in [0.5, 0.6) is 11.5 Å². The average molecular weight is 698 g/mol. The molecule has 4 aromatic carbocycles. The Kier molecular flexibility index (Phi) is 11.9. The van der Waals surface area contributed by atoms with Crippen LogP contribution < -0.4 is 20.7 Å². The fourth-order valence-corrected chi connectivity index (χ4v) is 6.78. The van der Waals surface area contributed by atoms with Crippen molar-refractivity contribution in [1.29, 1.82) is 0 Å². The lowest BCUT2D eigenvalue weighted by Gasteiger charge is -2.17. The van der Waals surface area contributed by atoms with Crippen LogP contribution in [0.15, 0.2) is 119 Å². The number of ether oxygens (including phenoxy) is 1. The fraction of sp³-hybridized carbons (Fsp3) is 0.114. The van der Waals surface area contributed by atoms with E-state index in [4.69, 9.17) is 4.74 Å². The summed E-state index contributed by atoms with van der Waals surface area (Å²) in [5.41, 5.74) is 2.01. The van der Waals surface area contributed by atoms with E-state index >= 15 is 0 Å². The molecule has 13 heteroatoms. The van der Waals surface area contributed by atoms with Gasteiger partial charge in [-0.1, -0.05) is 73.3 Å². The van der Waals surface area contributed by atoms with Gasteiger partial charge in [-0.15, -0.1) is 11.8 Å². The number of thioether (sulfide) groups is 2. The predicted octanol–water partition coefficient (Wildman–Crippen LogP) is 7.25. The van der Waals surface area contributed by atoms with Gasteiger partial charge in [-0.05, 0) is 59.9 Å². The van der Waals surface area contributed by atoms with Crippen molar-refractivity contribution in [3.8, 4) is 11.5 Å². The summed E-state index contributed by atoms with van der Waals surface area (Å²) in [6.45, 7) is 2.01. The normalized spacial score (nSPS) is 11.8. The van der Waals surface area contributed by atoms with Crippen molar-refractivity contribution in [2.45, 2.75) is 22.2 Å². The highest BCUT2D eigenvalue weighted by molar-refractivity contribution is 8.00. The molecule has 1 aromatic heterocycles. The van der Waals surface area contributed by atoms with Crippen LogP contribution in [0.25, 0.3) is 6.08 Å². The molecule has 1 unspecified atom stereocenters. The number of phenolic OH excluding ortho intramolecular Hbond substituents is 1. The predicted molar refractivity (Wildman–Crippen MR) is 192 cm³/mol. The van der Waals surface area contributed by atoms with E-state index in [0.717, 1.165) is 27.7 Å². The Labute approximate surface area is 290 Å². The Hall–Kier alpha value is -5.11. The molecule has 48 heavy (non-hydrogen) atoms. The molecule has 4 N–H and O–H groups in total. The lowest BCUT2D eigenvalue weighted by Crippen LogP contribution is -2.30. The lowest BCUT2D eigenvalue weighted by molar-refractivity contribution is -0.116. The Balaban J connectivity index is 1.39. The molecule has 0 aliphatic heterocycles. The third-order valence-electron chi connectivity index (χ3n) is 6.64. The number of rotatable bonds is 13. The molecular formula is C35H31N5O5S3. The third-order valence-corrected chi connectivity index (χ3v) is 9.37. The van der Waals surface area contributed by atoms with Gasteiger partial charge >= 0.3 is 0 Å². The standard InChI is InChI=1S/C35H31N5O5S3/c1-3-46-35-39-34(48-40-35)38-33(44)30(22-11-6-4-7-12-22)47-27-16-10-15-25(20-27)36-32(43)28(37-31(42)23-13-8-5-9-14-23)19-24-17-18-26(41)21-29(24)45-2/h4-21,30,41H,3H2,1-2H3,(H,36,43)(H,37,42)(H,38,39,40,44)/b28-19+.